The summed E-state index contributed by atoms with van der Waals surface area (Å²) in [6, 6.07) is 9.78. The van der Waals surface area contributed by atoms with E-state index in [4.69, 9.17) is 4.74 Å². The molecular weight excluding hydrogens is 320 g/mol. The van der Waals surface area contributed by atoms with Crippen molar-refractivity contribution in [1.29, 1.82) is 0 Å². The zero-order valence-electron chi connectivity index (χ0n) is 12.3. The number of benzene rings is 2. The lowest BCUT2D eigenvalue weighted by Crippen LogP contribution is -2.18. The number of hydrogen-bond donors (Lipinski definition) is 3. The first-order valence-electron chi connectivity index (χ1n) is 6.72. The summed E-state index contributed by atoms with van der Waals surface area (Å²) >= 11 is 0. The third kappa shape index (κ3) is 4.36. The van der Waals surface area contributed by atoms with Crippen LogP contribution in [-0.2, 0) is 10.0 Å². The number of phenols is 2. The van der Waals surface area contributed by atoms with Crippen molar-refractivity contribution < 1.29 is 23.4 Å². The number of rotatable bonds is 6. The second kappa shape index (κ2) is 7.01. The Labute approximate surface area is 133 Å². The smallest absolute Gasteiger partial charge is 0.276 e. The van der Waals surface area contributed by atoms with Gasteiger partial charge in [0.2, 0.25) is 0 Å². The molecule has 0 aliphatic carbocycles. The van der Waals surface area contributed by atoms with Gasteiger partial charge < -0.3 is 14.9 Å². The fourth-order valence-corrected chi connectivity index (χ4v) is 2.53. The number of phenolic OH excluding ortho intramolecular Hbond substituents is 2. The molecule has 0 radical (unpaired) electrons. The molecule has 3 N–H and O–H groups in total. The lowest BCUT2D eigenvalue weighted by molar-refractivity contribution is 0.340. The van der Waals surface area contributed by atoms with Crippen molar-refractivity contribution in [1.82, 2.24) is 4.83 Å². The number of nitrogens with one attached hydrogen (secondary N) is 1. The van der Waals surface area contributed by atoms with Crippen molar-refractivity contribution in [3.05, 3.63) is 48.0 Å². The molecule has 0 heterocycles. The molecule has 0 aliphatic heterocycles. The zero-order valence-corrected chi connectivity index (χ0v) is 13.1. The molecule has 0 saturated carbocycles. The first kappa shape index (κ1) is 16.6. The Morgan fingerprint density at radius 2 is 1.87 bits per heavy atom. The molecular formula is C15H16N2O5S. The maximum absolute atomic E-state index is 12.1. The van der Waals surface area contributed by atoms with E-state index in [-0.39, 0.29) is 22.0 Å². The fourth-order valence-electron chi connectivity index (χ4n) is 1.74. The molecule has 0 fully saturated rings. The molecule has 0 atom stereocenters. The van der Waals surface area contributed by atoms with Gasteiger partial charge in [0.1, 0.15) is 17.2 Å². The first-order chi connectivity index (χ1) is 10.9. The Morgan fingerprint density at radius 3 is 2.48 bits per heavy atom. The molecule has 2 aromatic rings. The van der Waals surface area contributed by atoms with Crippen LogP contribution in [0.25, 0.3) is 0 Å². The van der Waals surface area contributed by atoms with Crippen LogP contribution in [0.1, 0.15) is 12.5 Å². The standard InChI is InChI=1S/C15H16N2O5S/c1-2-22-13-5-7-14(8-6-13)23(20,21)17-16-10-11-3-4-12(18)9-15(11)19/h3-10,17-19H,2H2,1H3/b16-10+. The Bertz CT molecular complexity index is 801. The molecule has 2 rings (SSSR count). The van der Waals surface area contributed by atoms with Crippen molar-refractivity contribution in [3.8, 4) is 17.2 Å². The van der Waals surface area contributed by atoms with Gasteiger partial charge in [-0.25, -0.2) is 4.83 Å². The lowest BCUT2D eigenvalue weighted by atomic mass is 10.2. The summed E-state index contributed by atoms with van der Waals surface area (Å²) in [7, 11) is -3.82. The normalized spacial score (nSPS) is 11.5. The van der Waals surface area contributed by atoms with Gasteiger partial charge in [0.15, 0.2) is 0 Å². The molecule has 7 nitrogen and oxygen atoms in total. The molecule has 0 unspecified atom stereocenters. The van der Waals surface area contributed by atoms with Crippen molar-refractivity contribution in [3.63, 3.8) is 0 Å². The van der Waals surface area contributed by atoms with Crippen molar-refractivity contribution >= 4 is 16.2 Å². The summed E-state index contributed by atoms with van der Waals surface area (Å²) in [5.41, 5.74) is 0.261. The molecule has 0 aromatic heterocycles. The van der Waals surface area contributed by atoms with Crippen molar-refractivity contribution in [2.75, 3.05) is 6.61 Å². The molecule has 122 valence electrons. The van der Waals surface area contributed by atoms with E-state index < -0.39 is 10.0 Å². The second-order valence-corrected chi connectivity index (χ2v) is 6.16. The quantitative estimate of drug-likeness (QED) is 0.551. The topological polar surface area (TPSA) is 108 Å². The Balaban J connectivity index is 2.10. The highest BCUT2D eigenvalue weighted by Gasteiger charge is 2.12. The van der Waals surface area contributed by atoms with Crippen LogP contribution < -0.4 is 9.57 Å². The molecule has 0 aliphatic rings. The predicted molar refractivity (Wildman–Crippen MR) is 85.3 cm³/mol. The van der Waals surface area contributed by atoms with Crippen LogP contribution in [0.4, 0.5) is 0 Å². The van der Waals surface area contributed by atoms with E-state index in [0.29, 0.717) is 12.4 Å². The lowest BCUT2D eigenvalue weighted by Gasteiger charge is -2.06. The average molecular weight is 336 g/mol. The average Bonchev–Trinajstić information content (AvgIpc) is 2.50. The van der Waals surface area contributed by atoms with Crippen molar-refractivity contribution in [2.45, 2.75) is 11.8 Å². The van der Waals surface area contributed by atoms with Crippen LogP contribution >= 0.6 is 0 Å². The molecule has 0 amide bonds. The van der Waals surface area contributed by atoms with Crippen LogP contribution in [0.5, 0.6) is 17.2 Å². The molecule has 8 heteroatoms. The van der Waals surface area contributed by atoms with E-state index in [1.807, 2.05) is 11.8 Å². The number of nitrogens with zero attached hydrogens (tertiary/aromatic N) is 1. The number of hydrogen-bond acceptors (Lipinski definition) is 6. The summed E-state index contributed by atoms with van der Waals surface area (Å²) in [4.78, 5) is 2.08. The van der Waals surface area contributed by atoms with Gasteiger partial charge in [-0.3, -0.25) is 0 Å². The number of ether oxygens (including phenoxy) is 1. The van der Waals surface area contributed by atoms with E-state index in [9.17, 15) is 18.6 Å². The van der Waals surface area contributed by atoms with Gasteiger partial charge >= 0.3 is 0 Å². The van der Waals surface area contributed by atoms with Gasteiger partial charge in [-0.2, -0.15) is 13.5 Å². The highest BCUT2D eigenvalue weighted by atomic mass is 32.2. The maximum Gasteiger partial charge on any atom is 0.276 e. The van der Waals surface area contributed by atoms with Gasteiger partial charge in [0.25, 0.3) is 10.0 Å². The Kier molecular flexibility index (Phi) is 5.07. The van der Waals surface area contributed by atoms with E-state index in [1.54, 1.807) is 12.1 Å². The third-order valence-corrected chi connectivity index (χ3v) is 4.07. The zero-order chi connectivity index (χ0) is 16.9. The highest BCUT2D eigenvalue weighted by Crippen LogP contribution is 2.21. The maximum atomic E-state index is 12.1. The number of sulfonamides is 1. The minimum Gasteiger partial charge on any atom is -0.508 e. The van der Waals surface area contributed by atoms with Crippen LogP contribution in [0.15, 0.2) is 52.5 Å². The largest absolute Gasteiger partial charge is 0.508 e. The molecule has 0 spiro atoms. The van der Waals surface area contributed by atoms with Crippen molar-refractivity contribution in [2.24, 2.45) is 5.10 Å². The van der Waals surface area contributed by atoms with Crippen LogP contribution in [0.2, 0.25) is 0 Å². The molecule has 0 bridgehead atoms. The van der Waals surface area contributed by atoms with Gasteiger partial charge in [-0.15, -0.1) is 0 Å². The fraction of sp³-hybridized carbons (Fsp3) is 0.133. The van der Waals surface area contributed by atoms with Crippen LogP contribution in [-0.4, -0.2) is 31.5 Å². The summed E-state index contributed by atoms with van der Waals surface area (Å²) in [5.74, 6) is 0.257. The SMILES string of the molecule is CCOc1ccc(S(=O)(=O)N/N=C/c2ccc(O)cc2O)cc1. The molecule has 23 heavy (non-hydrogen) atoms. The third-order valence-electron chi connectivity index (χ3n) is 2.84. The summed E-state index contributed by atoms with van der Waals surface area (Å²) in [5, 5.41) is 22.4. The van der Waals surface area contributed by atoms with Gasteiger partial charge in [-0.05, 0) is 43.3 Å². The number of aromatic hydroxyl groups is 2. The van der Waals surface area contributed by atoms with Crippen LogP contribution in [0.3, 0.4) is 0 Å². The second-order valence-electron chi connectivity index (χ2n) is 4.50. The Hall–Kier alpha value is -2.74. The minimum atomic E-state index is -3.82. The summed E-state index contributed by atoms with van der Waals surface area (Å²) in [6.07, 6.45) is 1.14. The highest BCUT2D eigenvalue weighted by molar-refractivity contribution is 7.89. The Morgan fingerprint density at radius 1 is 1.17 bits per heavy atom. The van der Waals surface area contributed by atoms with Crippen LogP contribution in [0, 0.1) is 0 Å². The van der Waals surface area contributed by atoms with Gasteiger partial charge in [0.05, 0.1) is 17.7 Å². The van der Waals surface area contributed by atoms with E-state index in [2.05, 4.69) is 5.10 Å². The molecule has 0 saturated heterocycles. The van der Waals surface area contributed by atoms with E-state index >= 15 is 0 Å². The van der Waals surface area contributed by atoms with Gasteiger partial charge in [-0.1, -0.05) is 0 Å². The summed E-state index contributed by atoms with van der Waals surface area (Å²) in [6.45, 7) is 2.32. The first-order valence-corrected chi connectivity index (χ1v) is 8.20. The molecule has 2 aromatic carbocycles. The predicted octanol–water partition coefficient (Wildman–Crippen LogP) is 1.81. The summed E-state index contributed by atoms with van der Waals surface area (Å²) < 4.78 is 29.4. The van der Waals surface area contributed by atoms with E-state index in [1.165, 1.54) is 24.3 Å². The minimum absolute atomic E-state index is 0.0352. The van der Waals surface area contributed by atoms with Gasteiger partial charge in [0, 0.05) is 11.6 Å². The van der Waals surface area contributed by atoms with E-state index in [0.717, 1.165) is 12.3 Å². The number of hydrazone groups is 1. The monoisotopic (exact) mass is 336 g/mol.